The van der Waals surface area contributed by atoms with Gasteiger partial charge in [-0.2, -0.15) is 0 Å². The van der Waals surface area contributed by atoms with Crippen LogP contribution in [0.4, 0.5) is 0 Å². The Morgan fingerprint density at radius 3 is 2.89 bits per heavy atom. The first-order chi connectivity index (χ1) is 8.56. The number of aromatic amines is 1. The molecule has 0 saturated carbocycles. The maximum atomic E-state index is 11.8. The van der Waals surface area contributed by atoms with Gasteiger partial charge in [-0.05, 0) is 6.92 Å². The van der Waals surface area contributed by atoms with Crippen LogP contribution in [0.3, 0.4) is 0 Å². The summed E-state index contributed by atoms with van der Waals surface area (Å²) in [6.45, 7) is 6.36. The molecule has 0 aromatic carbocycles. The van der Waals surface area contributed by atoms with Gasteiger partial charge < -0.3 is 5.32 Å². The lowest BCUT2D eigenvalue weighted by Crippen LogP contribution is -2.24. The molecule has 2 aromatic rings. The number of thiazole rings is 1. The number of nitrogens with one attached hydrogen (secondary N) is 2. The smallest absolute Gasteiger partial charge is 0.291 e. The van der Waals surface area contributed by atoms with Gasteiger partial charge in [-0.25, -0.2) is 9.97 Å². The van der Waals surface area contributed by atoms with E-state index in [2.05, 4.69) is 25.5 Å². The van der Waals surface area contributed by atoms with Crippen molar-refractivity contribution < 1.29 is 4.79 Å². The number of carbonyl (C=O) groups is 1. The fourth-order valence-electron chi connectivity index (χ4n) is 1.35. The van der Waals surface area contributed by atoms with E-state index in [0.29, 0.717) is 12.4 Å². The summed E-state index contributed by atoms with van der Waals surface area (Å²) < 4.78 is 0. The molecule has 0 aliphatic heterocycles. The van der Waals surface area contributed by atoms with Crippen molar-refractivity contribution in [2.75, 3.05) is 0 Å². The van der Waals surface area contributed by atoms with Gasteiger partial charge in [-0.1, -0.05) is 13.8 Å². The van der Waals surface area contributed by atoms with Crippen molar-refractivity contribution in [1.82, 2.24) is 25.5 Å². The van der Waals surface area contributed by atoms with Crippen LogP contribution >= 0.6 is 11.3 Å². The van der Waals surface area contributed by atoms with Crippen molar-refractivity contribution >= 4 is 17.2 Å². The standard InChI is InChI=1S/C11H15N5OS/c1-6(2)9-14-10(16-15-9)11(17)13-5-8-12-4-7(3)18-8/h4,6H,5H2,1-3H3,(H,13,17)(H,14,15,16). The zero-order chi connectivity index (χ0) is 13.1. The molecule has 96 valence electrons. The summed E-state index contributed by atoms with van der Waals surface area (Å²) >= 11 is 1.56. The van der Waals surface area contributed by atoms with Gasteiger partial charge in [0, 0.05) is 17.0 Å². The Labute approximate surface area is 109 Å². The molecule has 2 heterocycles. The number of H-pyrrole nitrogens is 1. The number of amides is 1. The Morgan fingerprint density at radius 2 is 2.33 bits per heavy atom. The molecule has 0 saturated heterocycles. The zero-order valence-corrected chi connectivity index (χ0v) is 11.3. The lowest BCUT2D eigenvalue weighted by Gasteiger charge is -1.98. The predicted molar refractivity (Wildman–Crippen MR) is 68.5 cm³/mol. The molecular formula is C11H15N5OS. The first-order valence-corrected chi connectivity index (χ1v) is 6.49. The van der Waals surface area contributed by atoms with Crippen molar-refractivity contribution in [3.05, 3.63) is 27.7 Å². The summed E-state index contributed by atoms with van der Waals surface area (Å²) in [6, 6.07) is 0. The van der Waals surface area contributed by atoms with E-state index in [9.17, 15) is 4.79 Å². The van der Waals surface area contributed by atoms with Gasteiger partial charge in [0.25, 0.3) is 5.91 Å². The molecular weight excluding hydrogens is 250 g/mol. The highest BCUT2D eigenvalue weighted by Crippen LogP contribution is 2.11. The van der Waals surface area contributed by atoms with E-state index < -0.39 is 0 Å². The molecule has 18 heavy (non-hydrogen) atoms. The van der Waals surface area contributed by atoms with Crippen LogP contribution in [0.2, 0.25) is 0 Å². The molecule has 0 aliphatic carbocycles. The molecule has 0 radical (unpaired) electrons. The molecule has 0 atom stereocenters. The van der Waals surface area contributed by atoms with Gasteiger partial charge in [0.1, 0.15) is 10.8 Å². The number of aromatic nitrogens is 4. The average molecular weight is 265 g/mol. The SMILES string of the molecule is Cc1cnc(CNC(=O)c2n[nH]c(C(C)C)n2)s1. The molecule has 2 rings (SSSR count). The average Bonchev–Trinajstić information content (AvgIpc) is 2.94. The zero-order valence-electron chi connectivity index (χ0n) is 10.5. The first-order valence-electron chi connectivity index (χ1n) is 5.68. The first kappa shape index (κ1) is 12.7. The van der Waals surface area contributed by atoms with Crippen molar-refractivity contribution in [2.24, 2.45) is 0 Å². The molecule has 6 nitrogen and oxygen atoms in total. The maximum Gasteiger partial charge on any atom is 0.291 e. The Balaban J connectivity index is 1.95. The van der Waals surface area contributed by atoms with Crippen molar-refractivity contribution in [1.29, 1.82) is 0 Å². The molecule has 2 N–H and O–H groups in total. The largest absolute Gasteiger partial charge is 0.343 e. The third-order valence-corrected chi connectivity index (χ3v) is 3.23. The number of aryl methyl sites for hydroxylation is 1. The quantitative estimate of drug-likeness (QED) is 0.880. The van der Waals surface area contributed by atoms with Gasteiger partial charge in [0.05, 0.1) is 6.54 Å². The summed E-state index contributed by atoms with van der Waals surface area (Å²) in [7, 11) is 0. The summed E-state index contributed by atoms with van der Waals surface area (Å²) in [5.41, 5.74) is 0. The topological polar surface area (TPSA) is 83.6 Å². The van der Waals surface area contributed by atoms with E-state index in [1.54, 1.807) is 17.5 Å². The number of rotatable bonds is 4. The third kappa shape index (κ3) is 2.92. The molecule has 2 aromatic heterocycles. The van der Waals surface area contributed by atoms with Crippen LogP contribution in [0.15, 0.2) is 6.20 Å². The third-order valence-electron chi connectivity index (χ3n) is 2.32. The van der Waals surface area contributed by atoms with Crippen LogP contribution in [-0.2, 0) is 6.54 Å². The van der Waals surface area contributed by atoms with E-state index in [-0.39, 0.29) is 17.6 Å². The summed E-state index contributed by atoms with van der Waals surface area (Å²) in [5.74, 6) is 0.823. The van der Waals surface area contributed by atoms with Crippen LogP contribution in [0.5, 0.6) is 0 Å². The van der Waals surface area contributed by atoms with Crippen molar-refractivity contribution in [3.63, 3.8) is 0 Å². The van der Waals surface area contributed by atoms with Crippen LogP contribution in [0.1, 0.15) is 46.1 Å². The molecule has 0 aliphatic rings. The molecule has 1 amide bonds. The molecule has 0 spiro atoms. The Kier molecular flexibility index (Phi) is 3.71. The molecule has 7 heteroatoms. The van der Waals surface area contributed by atoms with Crippen LogP contribution in [0, 0.1) is 6.92 Å². The summed E-state index contributed by atoms with van der Waals surface area (Å²) in [6.07, 6.45) is 1.79. The Morgan fingerprint density at radius 1 is 1.56 bits per heavy atom. The number of carbonyl (C=O) groups excluding carboxylic acids is 1. The van der Waals surface area contributed by atoms with Gasteiger partial charge >= 0.3 is 0 Å². The van der Waals surface area contributed by atoms with Crippen LogP contribution < -0.4 is 5.32 Å². The minimum absolute atomic E-state index is 0.173. The highest BCUT2D eigenvalue weighted by atomic mass is 32.1. The van der Waals surface area contributed by atoms with Crippen LogP contribution in [-0.4, -0.2) is 26.1 Å². The fraction of sp³-hybridized carbons (Fsp3) is 0.455. The summed E-state index contributed by atoms with van der Waals surface area (Å²) in [4.78, 5) is 21.2. The van der Waals surface area contributed by atoms with Gasteiger partial charge in [0.15, 0.2) is 0 Å². The Bertz CT molecular complexity index is 545. The van der Waals surface area contributed by atoms with Gasteiger partial charge in [-0.3, -0.25) is 9.89 Å². The minimum Gasteiger partial charge on any atom is -0.343 e. The highest BCUT2D eigenvalue weighted by molar-refractivity contribution is 7.11. The van der Waals surface area contributed by atoms with E-state index in [1.807, 2.05) is 20.8 Å². The van der Waals surface area contributed by atoms with E-state index in [4.69, 9.17) is 0 Å². The molecule has 0 unspecified atom stereocenters. The second-order valence-electron chi connectivity index (χ2n) is 4.25. The fourth-order valence-corrected chi connectivity index (χ4v) is 2.08. The normalized spacial score (nSPS) is 10.9. The minimum atomic E-state index is -0.286. The number of hydrogen-bond acceptors (Lipinski definition) is 5. The van der Waals surface area contributed by atoms with Crippen molar-refractivity contribution in [2.45, 2.75) is 33.2 Å². The van der Waals surface area contributed by atoms with E-state index >= 15 is 0 Å². The van der Waals surface area contributed by atoms with E-state index in [0.717, 1.165) is 9.88 Å². The lowest BCUT2D eigenvalue weighted by molar-refractivity contribution is 0.0941. The lowest BCUT2D eigenvalue weighted by atomic mass is 10.2. The van der Waals surface area contributed by atoms with Gasteiger partial charge in [0.2, 0.25) is 5.82 Å². The van der Waals surface area contributed by atoms with E-state index in [1.165, 1.54) is 0 Å². The predicted octanol–water partition coefficient (Wildman–Crippen LogP) is 1.62. The monoisotopic (exact) mass is 265 g/mol. The molecule has 0 bridgehead atoms. The Hall–Kier alpha value is -1.76. The number of nitrogens with zero attached hydrogens (tertiary/aromatic N) is 3. The number of hydrogen-bond donors (Lipinski definition) is 2. The maximum absolute atomic E-state index is 11.8. The molecule has 0 fully saturated rings. The second kappa shape index (κ2) is 5.26. The van der Waals surface area contributed by atoms with Crippen molar-refractivity contribution in [3.8, 4) is 0 Å². The summed E-state index contributed by atoms with van der Waals surface area (Å²) in [5, 5.41) is 10.3. The van der Waals surface area contributed by atoms with Crippen LogP contribution in [0.25, 0.3) is 0 Å². The second-order valence-corrected chi connectivity index (χ2v) is 5.57. The van der Waals surface area contributed by atoms with Gasteiger partial charge in [-0.15, -0.1) is 16.4 Å². The highest BCUT2D eigenvalue weighted by Gasteiger charge is 2.14.